The maximum absolute atomic E-state index is 13.2. The molecule has 38 heavy (non-hydrogen) atoms. The monoisotopic (exact) mass is 550 g/mol. The standard InChI is InChI=1S/C31H54O6Si/c1-11-30(7,8)28(33)35-24-14-19(2)18-31-25(36-31)15-20(3)23(27(24)31)13-12-21-16-22(17-26(32)34-21)37-38(9,10)29(4,5)6/h19-25,27H,11-18H2,1-10H3/t19-,20-,21+,22+,23-,24-,25?,27-,31?/m0/s1. The quantitative estimate of drug-likeness (QED) is 0.183. The SMILES string of the molecule is CCC(C)(C)C(=O)O[C@H]1C[C@H](C)CC23OC2C[C@H](C)[C@H](CC[C@@H]2C[C@@H](O[Si](C)(C)C(C)(C)C)CC(=O)O2)[C@@H]13. The Bertz CT molecular complexity index is 893. The second-order valence-corrected chi connectivity index (χ2v) is 20.1. The molecule has 6 nitrogen and oxygen atoms in total. The van der Waals surface area contributed by atoms with Crippen LogP contribution in [0.3, 0.4) is 0 Å². The van der Waals surface area contributed by atoms with E-state index in [0.717, 1.165) is 44.9 Å². The van der Waals surface area contributed by atoms with Crippen molar-refractivity contribution in [2.75, 3.05) is 0 Å². The summed E-state index contributed by atoms with van der Waals surface area (Å²) >= 11 is 0. The van der Waals surface area contributed by atoms with Gasteiger partial charge in [0, 0.05) is 12.3 Å². The topological polar surface area (TPSA) is 74.4 Å². The molecule has 1 spiro atoms. The highest BCUT2D eigenvalue weighted by molar-refractivity contribution is 6.74. The van der Waals surface area contributed by atoms with Gasteiger partial charge in [-0.1, -0.05) is 41.5 Å². The van der Waals surface area contributed by atoms with Crippen LogP contribution in [-0.4, -0.2) is 50.3 Å². The van der Waals surface area contributed by atoms with E-state index in [-0.39, 0.29) is 52.9 Å². The Morgan fingerprint density at radius 1 is 1.08 bits per heavy atom. The summed E-state index contributed by atoms with van der Waals surface area (Å²) in [7, 11) is -1.97. The van der Waals surface area contributed by atoms with Crippen LogP contribution in [0.25, 0.3) is 0 Å². The van der Waals surface area contributed by atoms with E-state index in [4.69, 9.17) is 18.6 Å². The highest BCUT2D eigenvalue weighted by Gasteiger charge is 2.70. The molecule has 2 aliphatic heterocycles. The minimum Gasteiger partial charge on any atom is -0.462 e. The molecular weight excluding hydrogens is 496 g/mol. The zero-order valence-electron chi connectivity index (χ0n) is 25.7. The van der Waals surface area contributed by atoms with Crippen molar-refractivity contribution in [3.8, 4) is 0 Å². The molecule has 2 aliphatic carbocycles. The maximum Gasteiger partial charge on any atom is 0.311 e. The molecule has 4 aliphatic rings. The van der Waals surface area contributed by atoms with Gasteiger partial charge in [0.05, 0.1) is 24.0 Å². The maximum atomic E-state index is 13.2. The van der Waals surface area contributed by atoms with E-state index in [1.807, 2.05) is 20.8 Å². The van der Waals surface area contributed by atoms with Crippen LogP contribution >= 0.6 is 0 Å². The van der Waals surface area contributed by atoms with E-state index < -0.39 is 13.7 Å². The number of carbonyl (C=O) groups is 2. The van der Waals surface area contributed by atoms with Gasteiger partial charge in [-0.2, -0.15) is 0 Å². The van der Waals surface area contributed by atoms with Crippen molar-refractivity contribution in [3.05, 3.63) is 0 Å². The normalized spacial score (nSPS) is 39.6. The third-order valence-corrected chi connectivity index (χ3v) is 15.4. The molecule has 4 rings (SSSR count). The minimum atomic E-state index is -1.97. The molecule has 0 aromatic heterocycles. The van der Waals surface area contributed by atoms with Crippen molar-refractivity contribution in [1.29, 1.82) is 0 Å². The first-order valence-electron chi connectivity index (χ1n) is 15.2. The highest BCUT2D eigenvalue weighted by Crippen LogP contribution is 2.63. The van der Waals surface area contributed by atoms with Gasteiger partial charge in [-0.3, -0.25) is 9.59 Å². The van der Waals surface area contributed by atoms with E-state index in [1.165, 1.54) is 0 Å². The number of hydrogen-bond acceptors (Lipinski definition) is 6. The summed E-state index contributed by atoms with van der Waals surface area (Å²) in [6.07, 6.45) is 6.68. The summed E-state index contributed by atoms with van der Waals surface area (Å²) in [6.45, 7) is 21.8. The minimum absolute atomic E-state index is 0.0612. The number of epoxide rings is 1. The van der Waals surface area contributed by atoms with Crippen molar-refractivity contribution in [1.82, 2.24) is 0 Å². The van der Waals surface area contributed by atoms with E-state index in [2.05, 4.69) is 47.7 Å². The fourth-order valence-electron chi connectivity index (χ4n) is 7.19. The largest absolute Gasteiger partial charge is 0.462 e. The fourth-order valence-corrected chi connectivity index (χ4v) is 8.55. The lowest BCUT2D eigenvalue weighted by Crippen LogP contribution is -2.53. The average molecular weight is 551 g/mol. The summed E-state index contributed by atoms with van der Waals surface area (Å²) in [5.74, 6) is 1.32. The van der Waals surface area contributed by atoms with Crippen LogP contribution in [0.2, 0.25) is 18.1 Å². The Kier molecular flexibility index (Phi) is 8.29. The van der Waals surface area contributed by atoms with Crippen LogP contribution in [0.5, 0.6) is 0 Å². The van der Waals surface area contributed by atoms with Gasteiger partial charge in [0.2, 0.25) is 0 Å². The Balaban J connectivity index is 1.47. The second-order valence-electron chi connectivity index (χ2n) is 15.3. The molecule has 218 valence electrons. The molecule has 0 amide bonds. The first-order chi connectivity index (χ1) is 17.5. The third-order valence-electron chi connectivity index (χ3n) is 10.9. The van der Waals surface area contributed by atoms with Gasteiger partial charge in [0.1, 0.15) is 17.8 Å². The van der Waals surface area contributed by atoms with Gasteiger partial charge in [-0.05, 0) is 88.3 Å². The number of hydrogen-bond donors (Lipinski definition) is 0. The molecule has 2 heterocycles. The lowest BCUT2D eigenvalue weighted by Gasteiger charge is -2.48. The van der Waals surface area contributed by atoms with Crippen LogP contribution in [0.15, 0.2) is 0 Å². The molecule has 0 N–H and O–H groups in total. The van der Waals surface area contributed by atoms with Gasteiger partial charge in [0.25, 0.3) is 0 Å². The average Bonchev–Trinajstić information content (AvgIpc) is 3.46. The lowest BCUT2D eigenvalue weighted by molar-refractivity contribution is -0.173. The first kappa shape index (κ1) is 30.0. The van der Waals surface area contributed by atoms with Gasteiger partial charge < -0.3 is 18.6 Å². The van der Waals surface area contributed by atoms with Crippen molar-refractivity contribution < 1.29 is 28.2 Å². The number of ether oxygens (including phenoxy) is 3. The zero-order valence-corrected chi connectivity index (χ0v) is 26.7. The number of esters is 2. The molecule has 0 aromatic carbocycles. The van der Waals surface area contributed by atoms with Crippen LogP contribution in [0, 0.1) is 29.1 Å². The van der Waals surface area contributed by atoms with Crippen LogP contribution in [-0.2, 0) is 28.2 Å². The molecule has 0 bridgehead atoms. The molecule has 9 atom stereocenters. The third kappa shape index (κ3) is 5.90. The molecule has 2 saturated heterocycles. The molecule has 2 unspecified atom stereocenters. The summed E-state index contributed by atoms with van der Waals surface area (Å²) in [5.41, 5.74) is -0.629. The fraction of sp³-hybridized carbons (Fsp3) is 0.935. The van der Waals surface area contributed by atoms with Gasteiger partial charge in [0.15, 0.2) is 8.32 Å². The zero-order chi connectivity index (χ0) is 28.3. The number of cyclic esters (lactones) is 1. The Morgan fingerprint density at radius 3 is 2.39 bits per heavy atom. The summed E-state index contributed by atoms with van der Waals surface area (Å²) in [6, 6.07) is 0. The highest BCUT2D eigenvalue weighted by atomic mass is 28.4. The summed E-state index contributed by atoms with van der Waals surface area (Å²) in [4.78, 5) is 25.8. The van der Waals surface area contributed by atoms with E-state index >= 15 is 0 Å². The molecule has 7 heteroatoms. The first-order valence-corrected chi connectivity index (χ1v) is 18.2. The molecule has 0 aromatic rings. The Labute approximate surface area is 232 Å². The molecule has 2 saturated carbocycles. The predicted molar refractivity (Wildman–Crippen MR) is 151 cm³/mol. The summed E-state index contributed by atoms with van der Waals surface area (Å²) < 4.78 is 25.3. The van der Waals surface area contributed by atoms with E-state index in [0.29, 0.717) is 24.2 Å². The lowest BCUT2D eigenvalue weighted by atomic mass is 9.57. The van der Waals surface area contributed by atoms with E-state index in [1.54, 1.807) is 0 Å². The molecular formula is C31H54O6Si. The Morgan fingerprint density at radius 2 is 1.76 bits per heavy atom. The van der Waals surface area contributed by atoms with Gasteiger partial charge >= 0.3 is 11.9 Å². The Hall–Kier alpha value is -0.923. The molecule has 0 radical (unpaired) electrons. The van der Waals surface area contributed by atoms with E-state index in [9.17, 15) is 9.59 Å². The second kappa shape index (κ2) is 10.5. The van der Waals surface area contributed by atoms with Crippen LogP contribution in [0.4, 0.5) is 0 Å². The summed E-state index contributed by atoms with van der Waals surface area (Å²) in [5, 5.41) is 0.105. The number of carbonyl (C=O) groups excluding carboxylic acids is 2. The van der Waals surface area contributed by atoms with Crippen molar-refractivity contribution >= 4 is 20.3 Å². The van der Waals surface area contributed by atoms with Crippen LogP contribution in [0.1, 0.15) is 107 Å². The predicted octanol–water partition coefficient (Wildman–Crippen LogP) is 7.05. The van der Waals surface area contributed by atoms with Crippen molar-refractivity contribution in [3.63, 3.8) is 0 Å². The molecule has 4 fully saturated rings. The van der Waals surface area contributed by atoms with Gasteiger partial charge in [-0.25, -0.2) is 0 Å². The number of rotatable bonds is 8. The smallest absolute Gasteiger partial charge is 0.311 e. The van der Waals surface area contributed by atoms with Crippen molar-refractivity contribution in [2.24, 2.45) is 29.1 Å². The van der Waals surface area contributed by atoms with Crippen molar-refractivity contribution in [2.45, 2.75) is 155 Å². The van der Waals surface area contributed by atoms with Gasteiger partial charge in [-0.15, -0.1) is 0 Å². The van der Waals surface area contributed by atoms with Crippen LogP contribution < -0.4 is 0 Å².